The molecule has 112 valence electrons. The van der Waals surface area contributed by atoms with Crippen LogP contribution in [-0.4, -0.2) is 24.1 Å². The molecule has 0 aliphatic carbocycles. The molecule has 5 nitrogen and oxygen atoms in total. The van der Waals surface area contributed by atoms with E-state index in [1.807, 2.05) is 34.0 Å². The van der Waals surface area contributed by atoms with Gasteiger partial charge in [0.25, 0.3) is 0 Å². The van der Waals surface area contributed by atoms with Crippen LogP contribution in [0.4, 0.5) is 23.0 Å². The SMILES string of the molecule is CCc1nc(N)c(C)c(Nc2ccc(C)c(N(C)C)c2)n1. The van der Waals surface area contributed by atoms with Crippen molar-refractivity contribution in [3.63, 3.8) is 0 Å². The lowest BCUT2D eigenvalue weighted by Gasteiger charge is -2.18. The monoisotopic (exact) mass is 285 g/mol. The molecule has 0 fully saturated rings. The standard InChI is InChI=1S/C16H23N5/c1-6-14-19-15(17)11(3)16(20-14)18-12-8-7-10(2)13(9-12)21(4)5/h7-9H,6H2,1-5H3,(H3,17,18,19,20). The van der Waals surface area contributed by atoms with Gasteiger partial charge in [0.1, 0.15) is 17.5 Å². The zero-order chi connectivity index (χ0) is 15.6. The summed E-state index contributed by atoms with van der Waals surface area (Å²) >= 11 is 0. The molecule has 21 heavy (non-hydrogen) atoms. The molecule has 0 saturated heterocycles. The molecule has 0 unspecified atom stereocenters. The van der Waals surface area contributed by atoms with Crippen LogP contribution in [0.15, 0.2) is 18.2 Å². The lowest BCUT2D eigenvalue weighted by Crippen LogP contribution is -2.11. The number of rotatable bonds is 4. The average molecular weight is 285 g/mol. The third-order valence-electron chi connectivity index (χ3n) is 3.50. The second-order valence-electron chi connectivity index (χ2n) is 5.37. The number of benzene rings is 1. The summed E-state index contributed by atoms with van der Waals surface area (Å²) < 4.78 is 0. The zero-order valence-corrected chi connectivity index (χ0v) is 13.4. The van der Waals surface area contributed by atoms with Gasteiger partial charge in [0.2, 0.25) is 0 Å². The molecule has 0 aliphatic rings. The Bertz CT molecular complexity index is 649. The highest BCUT2D eigenvalue weighted by Crippen LogP contribution is 2.26. The Hall–Kier alpha value is -2.30. The predicted octanol–water partition coefficient (Wildman–Crippen LogP) is 3.05. The van der Waals surface area contributed by atoms with Gasteiger partial charge in [-0.25, -0.2) is 9.97 Å². The van der Waals surface area contributed by atoms with Crippen molar-refractivity contribution in [3.05, 3.63) is 35.2 Å². The molecule has 0 amide bonds. The van der Waals surface area contributed by atoms with Crippen molar-refractivity contribution in [2.75, 3.05) is 30.0 Å². The number of aromatic nitrogens is 2. The highest BCUT2D eigenvalue weighted by Gasteiger charge is 2.09. The van der Waals surface area contributed by atoms with E-state index >= 15 is 0 Å². The largest absolute Gasteiger partial charge is 0.383 e. The van der Waals surface area contributed by atoms with Crippen LogP contribution in [0.2, 0.25) is 0 Å². The van der Waals surface area contributed by atoms with Gasteiger partial charge in [0.15, 0.2) is 0 Å². The zero-order valence-electron chi connectivity index (χ0n) is 13.4. The molecule has 0 radical (unpaired) electrons. The van der Waals surface area contributed by atoms with Crippen LogP contribution in [-0.2, 0) is 6.42 Å². The van der Waals surface area contributed by atoms with Gasteiger partial charge in [0, 0.05) is 37.5 Å². The van der Waals surface area contributed by atoms with E-state index in [2.05, 4.69) is 39.2 Å². The van der Waals surface area contributed by atoms with Crippen molar-refractivity contribution in [3.8, 4) is 0 Å². The van der Waals surface area contributed by atoms with Crippen LogP contribution in [0, 0.1) is 13.8 Å². The number of hydrogen-bond acceptors (Lipinski definition) is 5. The maximum atomic E-state index is 5.95. The van der Waals surface area contributed by atoms with E-state index in [-0.39, 0.29) is 0 Å². The number of nitrogens with two attached hydrogens (primary N) is 1. The third-order valence-corrected chi connectivity index (χ3v) is 3.50. The summed E-state index contributed by atoms with van der Waals surface area (Å²) in [4.78, 5) is 10.9. The van der Waals surface area contributed by atoms with E-state index in [0.29, 0.717) is 5.82 Å². The Morgan fingerprint density at radius 3 is 2.52 bits per heavy atom. The Labute approximate surface area is 126 Å². The first kappa shape index (κ1) is 15.1. The summed E-state index contributed by atoms with van der Waals surface area (Å²) in [6.45, 7) is 6.05. The van der Waals surface area contributed by atoms with Gasteiger partial charge in [-0.3, -0.25) is 0 Å². The molecule has 2 aromatic rings. The van der Waals surface area contributed by atoms with Gasteiger partial charge in [-0.15, -0.1) is 0 Å². The molecule has 0 saturated carbocycles. The van der Waals surface area contributed by atoms with Crippen molar-refractivity contribution < 1.29 is 0 Å². The summed E-state index contributed by atoms with van der Waals surface area (Å²) in [5, 5.41) is 3.35. The molecule has 2 rings (SSSR count). The fourth-order valence-corrected chi connectivity index (χ4v) is 2.17. The van der Waals surface area contributed by atoms with Gasteiger partial charge in [-0.1, -0.05) is 13.0 Å². The maximum Gasteiger partial charge on any atom is 0.139 e. The van der Waals surface area contributed by atoms with Gasteiger partial charge < -0.3 is 16.0 Å². The molecule has 1 heterocycles. The smallest absolute Gasteiger partial charge is 0.139 e. The van der Waals surface area contributed by atoms with E-state index in [1.165, 1.54) is 11.3 Å². The van der Waals surface area contributed by atoms with Gasteiger partial charge in [0.05, 0.1) is 0 Å². The summed E-state index contributed by atoms with van der Waals surface area (Å²) in [6, 6.07) is 6.25. The molecule has 5 heteroatoms. The Balaban J connectivity index is 2.38. The molecule has 0 aliphatic heterocycles. The summed E-state index contributed by atoms with van der Waals surface area (Å²) in [5.74, 6) is 2.05. The molecule has 1 aromatic heterocycles. The van der Waals surface area contributed by atoms with Crippen LogP contribution in [0.3, 0.4) is 0 Å². The molecular formula is C16H23N5. The quantitative estimate of drug-likeness (QED) is 0.903. The van der Waals surface area contributed by atoms with Crippen molar-refractivity contribution in [2.45, 2.75) is 27.2 Å². The van der Waals surface area contributed by atoms with E-state index in [9.17, 15) is 0 Å². The number of hydrogen-bond donors (Lipinski definition) is 2. The summed E-state index contributed by atoms with van der Waals surface area (Å²) in [6.07, 6.45) is 0.760. The van der Waals surface area contributed by atoms with Crippen LogP contribution < -0.4 is 16.0 Å². The van der Waals surface area contributed by atoms with Crippen molar-refractivity contribution in [1.82, 2.24) is 9.97 Å². The fourth-order valence-electron chi connectivity index (χ4n) is 2.17. The first-order valence-corrected chi connectivity index (χ1v) is 7.10. The molecule has 0 bridgehead atoms. The minimum Gasteiger partial charge on any atom is -0.383 e. The molecule has 0 atom stereocenters. The fraction of sp³-hybridized carbons (Fsp3) is 0.375. The molecular weight excluding hydrogens is 262 g/mol. The highest BCUT2D eigenvalue weighted by molar-refractivity contribution is 5.68. The lowest BCUT2D eigenvalue weighted by molar-refractivity contribution is 0.940. The number of anilines is 4. The van der Waals surface area contributed by atoms with Crippen molar-refractivity contribution in [1.29, 1.82) is 0 Å². The predicted molar refractivity (Wildman–Crippen MR) is 89.3 cm³/mol. The normalized spacial score (nSPS) is 10.5. The van der Waals surface area contributed by atoms with Crippen LogP contribution in [0.1, 0.15) is 23.9 Å². The number of aryl methyl sites for hydroxylation is 2. The second kappa shape index (κ2) is 5.99. The maximum absolute atomic E-state index is 5.95. The first-order valence-electron chi connectivity index (χ1n) is 7.10. The van der Waals surface area contributed by atoms with E-state index in [4.69, 9.17) is 5.73 Å². The lowest BCUT2D eigenvalue weighted by atomic mass is 10.1. The van der Waals surface area contributed by atoms with Crippen LogP contribution in [0.25, 0.3) is 0 Å². The van der Waals surface area contributed by atoms with Gasteiger partial charge in [-0.2, -0.15) is 0 Å². The third kappa shape index (κ3) is 3.24. The molecule has 3 N–H and O–H groups in total. The minimum absolute atomic E-state index is 0.532. The number of nitrogen functional groups attached to an aromatic ring is 1. The minimum atomic E-state index is 0.532. The summed E-state index contributed by atoms with van der Waals surface area (Å²) in [7, 11) is 4.07. The number of nitrogens with one attached hydrogen (secondary N) is 1. The Kier molecular flexibility index (Phi) is 4.31. The van der Waals surface area contributed by atoms with Gasteiger partial charge in [-0.05, 0) is 31.5 Å². The van der Waals surface area contributed by atoms with Crippen LogP contribution in [0.5, 0.6) is 0 Å². The van der Waals surface area contributed by atoms with Crippen molar-refractivity contribution in [2.24, 2.45) is 0 Å². The summed E-state index contributed by atoms with van der Waals surface area (Å²) in [5.41, 5.74) is 10.2. The van der Waals surface area contributed by atoms with Crippen LogP contribution >= 0.6 is 0 Å². The van der Waals surface area contributed by atoms with Gasteiger partial charge >= 0.3 is 0 Å². The average Bonchev–Trinajstić information content (AvgIpc) is 2.45. The van der Waals surface area contributed by atoms with Crippen molar-refractivity contribution >= 4 is 23.0 Å². The first-order chi connectivity index (χ1) is 9.92. The van der Waals surface area contributed by atoms with E-state index in [0.717, 1.165) is 29.3 Å². The molecule has 1 aromatic carbocycles. The second-order valence-corrected chi connectivity index (χ2v) is 5.37. The van der Waals surface area contributed by atoms with E-state index < -0.39 is 0 Å². The molecule has 0 spiro atoms. The number of nitrogens with zero attached hydrogens (tertiary/aromatic N) is 3. The Morgan fingerprint density at radius 2 is 1.90 bits per heavy atom. The topological polar surface area (TPSA) is 67.1 Å². The Morgan fingerprint density at radius 1 is 1.19 bits per heavy atom. The highest BCUT2D eigenvalue weighted by atomic mass is 15.1. The van der Waals surface area contributed by atoms with E-state index in [1.54, 1.807) is 0 Å².